The number of pyridine rings is 1. The van der Waals surface area contributed by atoms with Gasteiger partial charge in [0.25, 0.3) is 0 Å². The summed E-state index contributed by atoms with van der Waals surface area (Å²) < 4.78 is 4.98. The molecule has 1 unspecified atom stereocenters. The fourth-order valence-electron chi connectivity index (χ4n) is 1.55. The van der Waals surface area contributed by atoms with Crippen molar-refractivity contribution in [1.82, 2.24) is 4.98 Å². The molecule has 0 saturated heterocycles. The number of rotatable bonds is 7. The van der Waals surface area contributed by atoms with Gasteiger partial charge in [0, 0.05) is 26.0 Å². The first-order valence-corrected chi connectivity index (χ1v) is 5.55. The number of nitro groups is 1. The molecule has 1 heterocycles. The van der Waals surface area contributed by atoms with Crippen LogP contribution in [0, 0.1) is 17.0 Å². The van der Waals surface area contributed by atoms with E-state index in [-0.39, 0.29) is 24.2 Å². The van der Waals surface area contributed by atoms with Crippen molar-refractivity contribution in [3.8, 4) is 0 Å². The van der Waals surface area contributed by atoms with Gasteiger partial charge in [-0.05, 0) is 18.9 Å². The molecule has 0 saturated carbocycles. The fraction of sp³-hybridized carbons (Fsp3) is 0.545. The number of aliphatic hydroxyl groups is 1. The Hall–Kier alpha value is -1.73. The Labute approximate surface area is 105 Å². The van der Waals surface area contributed by atoms with Crippen LogP contribution in [0.2, 0.25) is 0 Å². The summed E-state index contributed by atoms with van der Waals surface area (Å²) in [6.45, 7) is 2.05. The van der Waals surface area contributed by atoms with E-state index in [0.717, 1.165) is 5.56 Å². The van der Waals surface area contributed by atoms with E-state index >= 15 is 0 Å². The first-order chi connectivity index (χ1) is 8.58. The summed E-state index contributed by atoms with van der Waals surface area (Å²) in [6, 6.07) is 1.24. The molecule has 0 aliphatic rings. The Morgan fingerprint density at radius 3 is 2.94 bits per heavy atom. The minimum atomic E-state index is -0.481. The average molecular weight is 255 g/mol. The molecule has 1 rings (SSSR count). The molecule has 0 aliphatic carbocycles. The zero-order valence-electron chi connectivity index (χ0n) is 10.4. The maximum absolute atomic E-state index is 10.9. The zero-order valence-corrected chi connectivity index (χ0v) is 10.4. The third kappa shape index (κ3) is 3.94. The summed E-state index contributed by atoms with van der Waals surface area (Å²) in [5.74, 6) is 0.195. The van der Waals surface area contributed by atoms with Gasteiger partial charge < -0.3 is 15.2 Å². The molecule has 100 valence electrons. The molecule has 0 bridgehead atoms. The lowest BCUT2D eigenvalue weighted by Crippen LogP contribution is -2.27. The van der Waals surface area contributed by atoms with E-state index in [4.69, 9.17) is 9.84 Å². The highest BCUT2D eigenvalue weighted by atomic mass is 16.6. The number of anilines is 1. The van der Waals surface area contributed by atoms with Crippen LogP contribution in [-0.4, -0.2) is 41.4 Å². The van der Waals surface area contributed by atoms with Crippen LogP contribution in [-0.2, 0) is 4.74 Å². The second kappa shape index (κ2) is 6.87. The highest BCUT2D eigenvalue weighted by Crippen LogP contribution is 2.23. The lowest BCUT2D eigenvalue weighted by Gasteiger charge is -2.17. The molecular formula is C11H17N3O4. The van der Waals surface area contributed by atoms with Crippen molar-refractivity contribution in [3.63, 3.8) is 0 Å². The number of nitrogens with one attached hydrogen (secondary N) is 1. The van der Waals surface area contributed by atoms with Gasteiger partial charge in [0.05, 0.1) is 17.6 Å². The van der Waals surface area contributed by atoms with Gasteiger partial charge in [-0.15, -0.1) is 0 Å². The Morgan fingerprint density at radius 1 is 1.67 bits per heavy atom. The second-order valence-electron chi connectivity index (χ2n) is 3.95. The predicted octanol–water partition coefficient (Wildman–Crippen LogP) is 1.11. The number of methoxy groups -OCH3 is 1. The van der Waals surface area contributed by atoms with E-state index in [0.29, 0.717) is 13.0 Å². The summed E-state index contributed by atoms with van der Waals surface area (Å²) in [5, 5.41) is 22.8. The molecule has 0 aromatic carbocycles. The quantitative estimate of drug-likeness (QED) is 0.559. The Balaban J connectivity index is 2.90. The van der Waals surface area contributed by atoms with Crippen LogP contribution >= 0.6 is 0 Å². The summed E-state index contributed by atoms with van der Waals surface area (Å²) in [5.41, 5.74) is 0.645. The summed E-state index contributed by atoms with van der Waals surface area (Å²) >= 11 is 0. The van der Waals surface area contributed by atoms with Crippen LogP contribution in [0.3, 0.4) is 0 Å². The van der Waals surface area contributed by atoms with E-state index in [1.54, 1.807) is 13.1 Å². The SMILES string of the molecule is COCC(CCO)Nc1ncc(C)cc1[N+](=O)[O-]. The molecule has 0 amide bonds. The predicted molar refractivity (Wildman–Crippen MR) is 66.6 cm³/mol. The third-order valence-electron chi connectivity index (χ3n) is 2.39. The molecule has 0 aliphatic heterocycles. The Kier molecular flexibility index (Phi) is 5.47. The second-order valence-corrected chi connectivity index (χ2v) is 3.95. The largest absolute Gasteiger partial charge is 0.396 e. The maximum atomic E-state index is 10.9. The number of aliphatic hydroxyl groups excluding tert-OH is 1. The topological polar surface area (TPSA) is 97.5 Å². The number of aromatic nitrogens is 1. The monoisotopic (exact) mass is 255 g/mol. The van der Waals surface area contributed by atoms with Crippen LogP contribution in [0.1, 0.15) is 12.0 Å². The molecule has 0 spiro atoms. The van der Waals surface area contributed by atoms with Crippen molar-refractivity contribution < 1.29 is 14.8 Å². The molecule has 0 fully saturated rings. The van der Waals surface area contributed by atoms with Crippen molar-refractivity contribution in [2.75, 3.05) is 25.6 Å². The minimum absolute atomic E-state index is 0.0271. The summed E-state index contributed by atoms with van der Waals surface area (Å²) in [6.07, 6.45) is 1.98. The molecule has 1 aromatic heterocycles. The van der Waals surface area contributed by atoms with Gasteiger partial charge in [-0.25, -0.2) is 4.98 Å². The van der Waals surface area contributed by atoms with Crippen molar-refractivity contribution in [2.24, 2.45) is 0 Å². The number of ether oxygens (including phenoxy) is 1. The van der Waals surface area contributed by atoms with Crippen molar-refractivity contribution in [1.29, 1.82) is 0 Å². The minimum Gasteiger partial charge on any atom is -0.396 e. The average Bonchev–Trinajstić information content (AvgIpc) is 2.32. The fourth-order valence-corrected chi connectivity index (χ4v) is 1.55. The van der Waals surface area contributed by atoms with Gasteiger partial charge in [0.15, 0.2) is 0 Å². The van der Waals surface area contributed by atoms with Crippen LogP contribution < -0.4 is 5.32 Å². The third-order valence-corrected chi connectivity index (χ3v) is 2.39. The Morgan fingerprint density at radius 2 is 2.39 bits per heavy atom. The van der Waals surface area contributed by atoms with E-state index in [9.17, 15) is 10.1 Å². The molecule has 7 heteroatoms. The van der Waals surface area contributed by atoms with Crippen molar-refractivity contribution >= 4 is 11.5 Å². The molecule has 18 heavy (non-hydrogen) atoms. The molecular weight excluding hydrogens is 238 g/mol. The maximum Gasteiger partial charge on any atom is 0.311 e. The van der Waals surface area contributed by atoms with Crippen molar-refractivity contribution in [2.45, 2.75) is 19.4 Å². The van der Waals surface area contributed by atoms with Crippen LogP contribution in [0.4, 0.5) is 11.5 Å². The van der Waals surface area contributed by atoms with Crippen LogP contribution in [0.5, 0.6) is 0 Å². The first-order valence-electron chi connectivity index (χ1n) is 5.55. The van der Waals surface area contributed by atoms with Gasteiger partial charge in [-0.1, -0.05) is 0 Å². The van der Waals surface area contributed by atoms with E-state index in [1.807, 2.05) is 0 Å². The highest BCUT2D eigenvalue weighted by molar-refractivity contribution is 5.57. The number of hydrogen-bond acceptors (Lipinski definition) is 6. The van der Waals surface area contributed by atoms with E-state index in [1.165, 1.54) is 13.2 Å². The molecule has 2 N–H and O–H groups in total. The van der Waals surface area contributed by atoms with Crippen molar-refractivity contribution in [3.05, 3.63) is 27.9 Å². The number of aryl methyl sites for hydroxylation is 1. The summed E-state index contributed by atoms with van der Waals surface area (Å²) in [4.78, 5) is 14.4. The molecule has 1 atom stereocenters. The van der Waals surface area contributed by atoms with E-state index < -0.39 is 4.92 Å². The van der Waals surface area contributed by atoms with Gasteiger partial charge in [0.1, 0.15) is 0 Å². The van der Waals surface area contributed by atoms with E-state index in [2.05, 4.69) is 10.3 Å². The lowest BCUT2D eigenvalue weighted by atomic mass is 10.2. The lowest BCUT2D eigenvalue weighted by molar-refractivity contribution is -0.384. The first kappa shape index (κ1) is 14.3. The molecule has 7 nitrogen and oxygen atoms in total. The standard InChI is InChI=1S/C11H17N3O4/c1-8-5-10(14(16)17)11(12-6-8)13-9(3-4-15)7-18-2/h5-6,9,15H,3-4,7H2,1-2H3,(H,12,13). The van der Waals surface area contributed by atoms with Crippen LogP contribution in [0.25, 0.3) is 0 Å². The smallest absolute Gasteiger partial charge is 0.311 e. The summed E-state index contributed by atoms with van der Waals surface area (Å²) in [7, 11) is 1.53. The van der Waals surface area contributed by atoms with Gasteiger partial charge >= 0.3 is 5.69 Å². The zero-order chi connectivity index (χ0) is 13.5. The Bertz CT molecular complexity index is 405. The molecule has 0 radical (unpaired) electrons. The number of hydrogen-bond donors (Lipinski definition) is 2. The van der Waals surface area contributed by atoms with Gasteiger partial charge in [-0.3, -0.25) is 10.1 Å². The highest BCUT2D eigenvalue weighted by Gasteiger charge is 2.18. The van der Waals surface area contributed by atoms with Gasteiger partial charge in [0.2, 0.25) is 5.82 Å². The van der Waals surface area contributed by atoms with Crippen LogP contribution in [0.15, 0.2) is 12.3 Å². The molecule has 1 aromatic rings. The van der Waals surface area contributed by atoms with Gasteiger partial charge in [-0.2, -0.15) is 0 Å². The normalized spacial score (nSPS) is 12.2. The number of nitrogens with zero attached hydrogens (tertiary/aromatic N) is 2.